The fourth-order valence-corrected chi connectivity index (χ4v) is 6.80. The Balaban J connectivity index is 0.000000379. The molecule has 0 aliphatic heterocycles. The Labute approximate surface area is 297 Å². The lowest BCUT2D eigenvalue weighted by Crippen LogP contribution is -2.56. The van der Waals surface area contributed by atoms with E-state index < -0.39 is 0 Å². The van der Waals surface area contributed by atoms with Crippen molar-refractivity contribution in [3.8, 4) is 0 Å². The Morgan fingerprint density at radius 2 is 1.12 bits per heavy atom. The lowest BCUT2D eigenvalue weighted by atomic mass is 9.83. The van der Waals surface area contributed by atoms with Crippen molar-refractivity contribution < 1.29 is 28.6 Å². The number of nitrogens with one attached hydrogen (secondary N) is 5. The molecule has 11 N–H and O–H groups in total. The van der Waals surface area contributed by atoms with Crippen molar-refractivity contribution in [2.24, 2.45) is 44.9 Å². The van der Waals surface area contributed by atoms with Crippen LogP contribution in [0, 0.1) is 17.8 Å². The van der Waals surface area contributed by atoms with Crippen LogP contribution in [0.4, 0.5) is 0 Å². The highest BCUT2D eigenvalue weighted by atomic mass is 16.5. The van der Waals surface area contributed by atoms with Gasteiger partial charge in [0.15, 0.2) is 11.9 Å². The van der Waals surface area contributed by atoms with Gasteiger partial charge in [-0.25, -0.2) is 19.4 Å². The van der Waals surface area contributed by atoms with Gasteiger partial charge in [0.25, 0.3) is 0 Å². The third kappa shape index (κ3) is 12.7. The van der Waals surface area contributed by atoms with Gasteiger partial charge in [-0.2, -0.15) is 0 Å². The van der Waals surface area contributed by atoms with Crippen LogP contribution in [-0.4, -0.2) is 123 Å². The van der Waals surface area contributed by atoms with Crippen LogP contribution in [-0.2, 0) is 28.6 Å². The number of methoxy groups -OCH3 is 3. The Kier molecular flexibility index (Phi) is 19.3. The lowest BCUT2D eigenvalue weighted by Gasteiger charge is -2.36. The molecule has 0 fully saturated rings. The molecule has 16 nitrogen and oxygen atoms in total. The number of aliphatic imine (C=N–C) groups is 2. The second-order valence-electron chi connectivity index (χ2n) is 12.5. The molecule has 3 aliphatic carbocycles. The highest BCUT2D eigenvalue weighted by Crippen LogP contribution is 2.27. The SMILES string of the molecule is CN=C(NC)NC1CC(C(=O)OC)=C[C@@H](C)C1NC.CNC1C(N)CC(C(=O)OC)=C[C@H]1C.CNC1C(N=C(N)N)CC(C(=O)OC)=C[C@H]1C. The van der Waals surface area contributed by atoms with Gasteiger partial charge in [0.2, 0.25) is 0 Å². The number of ether oxygens (including phenoxy) is 3. The average molecular weight is 707 g/mol. The van der Waals surface area contributed by atoms with Gasteiger partial charge in [0, 0.05) is 73.9 Å². The number of nitrogens with zero attached hydrogens (tertiary/aromatic N) is 2. The molecule has 16 heteroatoms. The number of rotatable bonds is 8. The third-order valence-electron chi connectivity index (χ3n) is 9.17. The molecule has 0 spiro atoms. The maximum absolute atomic E-state index is 11.7. The second-order valence-corrected chi connectivity index (χ2v) is 12.5. The molecule has 0 saturated carbocycles. The Bertz CT molecular complexity index is 1280. The number of hydrogen-bond donors (Lipinski definition) is 8. The number of guanidine groups is 2. The van der Waals surface area contributed by atoms with E-state index in [0.29, 0.717) is 41.9 Å². The summed E-state index contributed by atoms with van der Waals surface area (Å²) in [7, 11) is 13.4. The van der Waals surface area contributed by atoms with Gasteiger partial charge >= 0.3 is 17.9 Å². The van der Waals surface area contributed by atoms with Crippen molar-refractivity contribution in [1.82, 2.24) is 26.6 Å². The molecule has 0 heterocycles. The fourth-order valence-electron chi connectivity index (χ4n) is 6.80. The smallest absolute Gasteiger partial charge is 0.333 e. The van der Waals surface area contributed by atoms with Gasteiger partial charge in [-0.1, -0.05) is 39.0 Å². The molecule has 3 aliphatic rings. The van der Waals surface area contributed by atoms with Gasteiger partial charge in [-0.05, 0) is 45.3 Å². The summed E-state index contributed by atoms with van der Waals surface area (Å²) < 4.78 is 14.2. The summed E-state index contributed by atoms with van der Waals surface area (Å²) in [6.45, 7) is 6.14. The molecule has 0 amide bonds. The predicted octanol–water partition coefficient (Wildman–Crippen LogP) is -0.726. The van der Waals surface area contributed by atoms with E-state index in [1.54, 1.807) is 7.05 Å². The summed E-state index contributed by atoms with van der Waals surface area (Å²) in [4.78, 5) is 42.8. The summed E-state index contributed by atoms with van der Waals surface area (Å²) in [5.41, 5.74) is 18.8. The molecule has 9 atom stereocenters. The largest absolute Gasteiger partial charge is 0.466 e. The lowest BCUT2D eigenvalue weighted by molar-refractivity contribution is -0.137. The maximum Gasteiger partial charge on any atom is 0.333 e. The molecule has 0 aromatic rings. The summed E-state index contributed by atoms with van der Waals surface area (Å²) >= 11 is 0. The number of likely N-dealkylation sites (N-methyl/N-ethyl adjacent to an activating group) is 3. The minimum atomic E-state index is -0.317. The van der Waals surface area contributed by atoms with Crippen LogP contribution in [0.15, 0.2) is 44.9 Å². The van der Waals surface area contributed by atoms with Gasteiger partial charge in [0.05, 0.1) is 27.4 Å². The van der Waals surface area contributed by atoms with Crippen molar-refractivity contribution in [3.63, 3.8) is 0 Å². The number of carbonyl (C=O) groups is 3. The Hall–Kier alpha value is -3.99. The van der Waals surface area contributed by atoms with E-state index in [0.717, 1.165) is 0 Å². The van der Waals surface area contributed by atoms with E-state index in [4.69, 9.17) is 26.7 Å². The normalized spacial score (nSPS) is 29.1. The van der Waals surface area contributed by atoms with E-state index >= 15 is 0 Å². The summed E-state index contributed by atoms with van der Waals surface area (Å²) in [5.74, 6) is 0.572. The minimum absolute atomic E-state index is 0.0194. The first-order chi connectivity index (χ1) is 23.7. The molecule has 0 radical (unpaired) electrons. The predicted molar refractivity (Wildman–Crippen MR) is 197 cm³/mol. The molecule has 3 rings (SSSR count). The monoisotopic (exact) mass is 706 g/mol. The molecular weight excluding hydrogens is 644 g/mol. The zero-order chi connectivity index (χ0) is 38.1. The Morgan fingerprint density at radius 1 is 0.700 bits per heavy atom. The van der Waals surface area contributed by atoms with Crippen LogP contribution < -0.4 is 43.8 Å². The summed E-state index contributed by atoms with van der Waals surface area (Å²) in [5, 5.41) is 15.9. The highest BCUT2D eigenvalue weighted by molar-refractivity contribution is 5.90. The van der Waals surface area contributed by atoms with Gasteiger partial charge in [0.1, 0.15) is 0 Å². The first kappa shape index (κ1) is 44.0. The van der Waals surface area contributed by atoms with Crippen molar-refractivity contribution in [3.05, 3.63) is 34.9 Å². The zero-order valence-corrected chi connectivity index (χ0v) is 31.6. The molecule has 0 aromatic heterocycles. The first-order valence-corrected chi connectivity index (χ1v) is 16.8. The molecule has 0 saturated heterocycles. The topological polar surface area (TPSA) is 242 Å². The van der Waals surface area contributed by atoms with E-state index in [9.17, 15) is 14.4 Å². The van der Waals surface area contributed by atoms with E-state index in [1.165, 1.54) is 21.3 Å². The molecule has 0 aromatic carbocycles. The van der Waals surface area contributed by atoms with Crippen LogP contribution in [0.25, 0.3) is 0 Å². The van der Waals surface area contributed by atoms with Crippen LogP contribution in [0.2, 0.25) is 0 Å². The zero-order valence-electron chi connectivity index (χ0n) is 31.6. The second kappa shape index (κ2) is 22.0. The number of carbonyl (C=O) groups excluding carboxylic acids is 3. The standard InChI is InChI=1S/C13H24N4O2.C11H20N4O2.C10H18N2O2/c1-8-6-9(12(18)19-5)7-10(11(8)14-2)17-13(15-3)16-4;1-6-4-7(10(16)17-3)5-8(9(6)14-2)15-11(12)13;1-6-4-7(10(13)14-3)5-8(11)9(6)12-2/h6,8,10-11,14H,7H2,1-5H3,(H2,15,16,17);4,6,8-9,14H,5H2,1-3H3,(H4,12,13,15);4,6,8-9,12H,5,11H2,1-3H3/t8-,10?,11?;2*6-,8?,9?/m111/s1. The number of nitrogens with two attached hydrogens (primary N) is 3. The summed E-state index contributed by atoms with van der Waals surface area (Å²) in [6.07, 6.45) is 7.52. The quantitative estimate of drug-likeness (QED) is 0.0672. The first-order valence-electron chi connectivity index (χ1n) is 16.8. The molecule has 0 bridgehead atoms. The van der Waals surface area contributed by atoms with E-state index in [1.807, 2.05) is 60.3 Å². The van der Waals surface area contributed by atoms with Gasteiger partial charge in [-0.3, -0.25) is 4.99 Å². The van der Waals surface area contributed by atoms with Crippen molar-refractivity contribution in [2.45, 2.75) is 76.3 Å². The van der Waals surface area contributed by atoms with Crippen molar-refractivity contribution in [1.29, 1.82) is 0 Å². The molecular formula is C34H62N10O6. The van der Waals surface area contributed by atoms with Crippen molar-refractivity contribution >= 4 is 29.8 Å². The highest BCUT2D eigenvalue weighted by Gasteiger charge is 2.34. The van der Waals surface area contributed by atoms with Gasteiger partial charge < -0.3 is 58.0 Å². The molecule has 6 unspecified atom stereocenters. The maximum atomic E-state index is 11.7. The Morgan fingerprint density at radius 3 is 1.50 bits per heavy atom. The van der Waals surface area contributed by atoms with E-state index in [2.05, 4.69) is 48.2 Å². The minimum Gasteiger partial charge on any atom is -0.466 e. The van der Waals surface area contributed by atoms with Gasteiger partial charge in [-0.15, -0.1) is 0 Å². The number of esters is 3. The van der Waals surface area contributed by atoms with Crippen LogP contribution in [0.5, 0.6) is 0 Å². The van der Waals surface area contributed by atoms with E-state index in [-0.39, 0.29) is 77.9 Å². The summed E-state index contributed by atoms with van der Waals surface area (Å²) in [6, 6.07) is 0.519. The average Bonchev–Trinajstić information content (AvgIpc) is 3.09. The van der Waals surface area contributed by atoms with Crippen molar-refractivity contribution in [2.75, 3.05) is 56.6 Å². The molecule has 50 heavy (non-hydrogen) atoms. The number of hydrogen-bond acceptors (Lipinski definition) is 12. The van der Waals surface area contributed by atoms with Crippen LogP contribution in [0.3, 0.4) is 0 Å². The van der Waals surface area contributed by atoms with Crippen LogP contribution >= 0.6 is 0 Å². The molecule has 284 valence electrons. The fraction of sp³-hybridized carbons (Fsp3) is 0.676. The van der Waals surface area contributed by atoms with Crippen LogP contribution in [0.1, 0.15) is 40.0 Å². The third-order valence-corrected chi connectivity index (χ3v) is 9.17.